The Bertz CT molecular complexity index is 494. The first-order chi connectivity index (χ1) is 8.66. The van der Waals surface area contributed by atoms with Gasteiger partial charge in [-0.25, -0.2) is 4.98 Å². The molecule has 1 aliphatic carbocycles. The molecule has 1 aliphatic heterocycles. The molecule has 0 bridgehead atoms. The van der Waals surface area contributed by atoms with Crippen molar-refractivity contribution in [2.45, 2.75) is 50.7 Å². The van der Waals surface area contributed by atoms with Gasteiger partial charge in [0.1, 0.15) is 0 Å². The Kier molecular flexibility index (Phi) is 2.86. The van der Waals surface area contributed by atoms with Crippen molar-refractivity contribution in [3.63, 3.8) is 0 Å². The van der Waals surface area contributed by atoms with Gasteiger partial charge in [-0.05, 0) is 32.6 Å². The maximum absolute atomic E-state index is 12.4. The second kappa shape index (κ2) is 4.39. The molecule has 2 N–H and O–H groups in total. The van der Waals surface area contributed by atoms with Crippen molar-refractivity contribution in [2.24, 2.45) is 5.73 Å². The first kappa shape index (κ1) is 11.7. The van der Waals surface area contributed by atoms with Crippen LogP contribution in [0.3, 0.4) is 0 Å². The minimum absolute atomic E-state index is 0.0577. The van der Waals surface area contributed by atoms with Gasteiger partial charge in [0.05, 0.1) is 0 Å². The summed E-state index contributed by atoms with van der Waals surface area (Å²) in [5.74, 6) is 0.601. The SMILES string of the molecule is CC1CC(N)CCN1c1nccn(C2CC2)c1=O. The van der Waals surface area contributed by atoms with Gasteiger partial charge in [-0.2, -0.15) is 0 Å². The number of anilines is 1. The molecule has 0 aromatic carbocycles. The molecule has 0 spiro atoms. The number of hydrogen-bond acceptors (Lipinski definition) is 4. The number of nitrogens with two attached hydrogens (primary N) is 1. The number of hydrogen-bond donors (Lipinski definition) is 1. The molecule has 5 heteroatoms. The van der Waals surface area contributed by atoms with Crippen LogP contribution < -0.4 is 16.2 Å². The average Bonchev–Trinajstić information content (AvgIpc) is 3.14. The van der Waals surface area contributed by atoms with E-state index in [0.29, 0.717) is 17.9 Å². The topological polar surface area (TPSA) is 64.2 Å². The largest absolute Gasteiger partial charge is 0.349 e. The summed E-state index contributed by atoms with van der Waals surface area (Å²) in [5, 5.41) is 0. The molecule has 2 fully saturated rings. The zero-order valence-electron chi connectivity index (χ0n) is 10.7. The van der Waals surface area contributed by atoms with E-state index in [1.165, 1.54) is 0 Å². The summed E-state index contributed by atoms with van der Waals surface area (Å²) in [6.45, 7) is 2.95. The predicted molar refractivity (Wildman–Crippen MR) is 70.8 cm³/mol. The van der Waals surface area contributed by atoms with Crippen molar-refractivity contribution < 1.29 is 0 Å². The van der Waals surface area contributed by atoms with Crippen molar-refractivity contribution >= 4 is 5.82 Å². The Morgan fingerprint density at radius 1 is 1.39 bits per heavy atom. The zero-order valence-corrected chi connectivity index (χ0v) is 10.7. The molecular weight excluding hydrogens is 228 g/mol. The van der Waals surface area contributed by atoms with Gasteiger partial charge in [0.2, 0.25) is 0 Å². The van der Waals surface area contributed by atoms with Crippen LogP contribution >= 0.6 is 0 Å². The van der Waals surface area contributed by atoms with Gasteiger partial charge in [0, 0.05) is 37.1 Å². The van der Waals surface area contributed by atoms with Crippen LogP contribution in [0.5, 0.6) is 0 Å². The van der Waals surface area contributed by atoms with Crippen molar-refractivity contribution in [1.29, 1.82) is 0 Å². The van der Waals surface area contributed by atoms with E-state index in [4.69, 9.17) is 5.73 Å². The van der Waals surface area contributed by atoms with Gasteiger partial charge >= 0.3 is 0 Å². The molecule has 2 atom stereocenters. The van der Waals surface area contributed by atoms with Crippen LogP contribution in [0.25, 0.3) is 0 Å². The highest BCUT2D eigenvalue weighted by atomic mass is 16.1. The van der Waals surface area contributed by atoms with Crippen LogP contribution in [0.15, 0.2) is 17.2 Å². The standard InChI is InChI=1S/C13H20N4O/c1-9-8-10(14)4-6-16(9)12-13(18)17(7-5-15-12)11-2-3-11/h5,7,9-11H,2-4,6,8,14H2,1H3. The molecule has 1 saturated carbocycles. The fraction of sp³-hybridized carbons (Fsp3) is 0.692. The van der Waals surface area contributed by atoms with Crippen LogP contribution in [0.4, 0.5) is 5.82 Å². The zero-order chi connectivity index (χ0) is 12.7. The highest BCUT2D eigenvalue weighted by Crippen LogP contribution is 2.33. The first-order valence-electron chi connectivity index (χ1n) is 6.76. The van der Waals surface area contributed by atoms with Crippen molar-refractivity contribution in [3.8, 4) is 0 Å². The molecule has 1 aromatic rings. The number of nitrogens with zero attached hydrogens (tertiary/aromatic N) is 3. The minimum atomic E-state index is 0.0577. The second-order valence-corrected chi connectivity index (χ2v) is 5.52. The highest BCUT2D eigenvalue weighted by Gasteiger charge is 2.29. The summed E-state index contributed by atoms with van der Waals surface area (Å²) < 4.78 is 1.84. The lowest BCUT2D eigenvalue weighted by molar-refractivity contribution is 0.425. The van der Waals surface area contributed by atoms with Crippen LogP contribution in [0.1, 0.15) is 38.6 Å². The van der Waals surface area contributed by atoms with Gasteiger partial charge in [-0.1, -0.05) is 0 Å². The fourth-order valence-electron chi connectivity index (χ4n) is 2.77. The quantitative estimate of drug-likeness (QED) is 0.844. The van der Waals surface area contributed by atoms with E-state index in [1.54, 1.807) is 6.20 Å². The van der Waals surface area contributed by atoms with Crippen LogP contribution in [0, 0.1) is 0 Å². The monoisotopic (exact) mass is 248 g/mol. The smallest absolute Gasteiger partial charge is 0.293 e. The van der Waals surface area contributed by atoms with Gasteiger partial charge < -0.3 is 15.2 Å². The molecule has 2 heterocycles. The lowest BCUT2D eigenvalue weighted by Gasteiger charge is -2.36. The molecule has 1 saturated heterocycles. The first-order valence-corrected chi connectivity index (χ1v) is 6.76. The van der Waals surface area contributed by atoms with E-state index in [2.05, 4.69) is 16.8 Å². The fourth-order valence-corrected chi connectivity index (χ4v) is 2.77. The molecule has 18 heavy (non-hydrogen) atoms. The highest BCUT2D eigenvalue weighted by molar-refractivity contribution is 5.38. The maximum Gasteiger partial charge on any atom is 0.293 e. The Hall–Kier alpha value is -1.36. The number of rotatable bonds is 2. The maximum atomic E-state index is 12.4. The van der Waals surface area contributed by atoms with Gasteiger partial charge in [-0.3, -0.25) is 4.79 Å². The van der Waals surface area contributed by atoms with E-state index in [1.807, 2.05) is 10.8 Å². The van der Waals surface area contributed by atoms with E-state index in [-0.39, 0.29) is 11.6 Å². The third-order valence-electron chi connectivity index (χ3n) is 3.98. The summed E-state index contributed by atoms with van der Waals surface area (Å²) in [6.07, 6.45) is 7.65. The summed E-state index contributed by atoms with van der Waals surface area (Å²) in [7, 11) is 0. The van der Waals surface area contributed by atoms with Gasteiger partial charge in [0.15, 0.2) is 5.82 Å². The Morgan fingerprint density at radius 2 is 2.17 bits per heavy atom. The lowest BCUT2D eigenvalue weighted by Crippen LogP contribution is -2.48. The number of piperidine rings is 1. The van der Waals surface area contributed by atoms with Crippen molar-refractivity contribution in [3.05, 3.63) is 22.7 Å². The third-order valence-corrected chi connectivity index (χ3v) is 3.98. The predicted octanol–water partition coefficient (Wildman–Crippen LogP) is 0.894. The molecule has 2 aliphatic rings. The second-order valence-electron chi connectivity index (χ2n) is 5.52. The summed E-state index contributed by atoms with van der Waals surface area (Å²) in [5.41, 5.74) is 6.02. The summed E-state index contributed by atoms with van der Waals surface area (Å²) in [6, 6.07) is 0.955. The summed E-state index contributed by atoms with van der Waals surface area (Å²) in [4.78, 5) is 18.8. The van der Waals surface area contributed by atoms with Crippen molar-refractivity contribution in [1.82, 2.24) is 9.55 Å². The molecule has 0 radical (unpaired) electrons. The van der Waals surface area contributed by atoms with Gasteiger partial charge in [-0.15, -0.1) is 0 Å². The lowest BCUT2D eigenvalue weighted by atomic mass is 9.99. The minimum Gasteiger partial charge on any atom is -0.349 e. The van der Waals surface area contributed by atoms with E-state index >= 15 is 0 Å². The molecule has 2 unspecified atom stereocenters. The molecule has 98 valence electrons. The Labute approximate surface area is 107 Å². The van der Waals surface area contributed by atoms with Crippen molar-refractivity contribution in [2.75, 3.05) is 11.4 Å². The van der Waals surface area contributed by atoms with Crippen LogP contribution in [-0.4, -0.2) is 28.2 Å². The molecular formula is C13H20N4O. The van der Waals surface area contributed by atoms with Crippen LogP contribution in [-0.2, 0) is 0 Å². The third kappa shape index (κ3) is 2.03. The van der Waals surface area contributed by atoms with Crippen LogP contribution in [0.2, 0.25) is 0 Å². The molecule has 5 nitrogen and oxygen atoms in total. The molecule has 1 aromatic heterocycles. The normalized spacial score (nSPS) is 28.4. The van der Waals surface area contributed by atoms with E-state index in [9.17, 15) is 4.79 Å². The van der Waals surface area contributed by atoms with E-state index in [0.717, 1.165) is 32.2 Å². The molecule has 3 rings (SSSR count). The number of aromatic nitrogens is 2. The van der Waals surface area contributed by atoms with Gasteiger partial charge in [0.25, 0.3) is 5.56 Å². The summed E-state index contributed by atoms with van der Waals surface area (Å²) >= 11 is 0. The van der Waals surface area contributed by atoms with E-state index < -0.39 is 0 Å². The Balaban J connectivity index is 1.92. The molecule has 0 amide bonds. The average molecular weight is 248 g/mol. The Morgan fingerprint density at radius 3 is 2.83 bits per heavy atom.